The fraction of sp³-hybridized carbons (Fsp3) is 0.740. The van der Waals surface area contributed by atoms with Gasteiger partial charge in [-0.25, -0.2) is 0 Å². The summed E-state index contributed by atoms with van der Waals surface area (Å²) in [5, 5.41) is 54.1. The zero-order valence-corrected chi connectivity index (χ0v) is 37.2. The van der Waals surface area contributed by atoms with Gasteiger partial charge in [0.15, 0.2) is 6.29 Å². The number of carbonyl (C=O) groups is 1. The molecular weight excluding hydrogens is 743 g/mol. The molecule has 1 aliphatic heterocycles. The Balaban J connectivity index is 2.16. The summed E-state index contributed by atoms with van der Waals surface area (Å²) in [6.45, 7) is 3.65. The first-order valence-electron chi connectivity index (χ1n) is 23.6. The molecular formula is C50H87NO8. The van der Waals surface area contributed by atoms with Crippen molar-refractivity contribution in [3.8, 4) is 0 Å². The van der Waals surface area contributed by atoms with Gasteiger partial charge >= 0.3 is 0 Å². The van der Waals surface area contributed by atoms with E-state index in [0.29, 0.717) is 12.8 Å². The van der Waals surface area contributed by atoms with Crippen molar-refractivity contribution in [2.24, 2.45) is 0 Å². The van der Waals surface area contributed by atoms with Crippen LogP contribution in [0.25, 0.3) is 0 Å². The minimum atomic E-state index is -1.55. The number of amides is 1. The van der Waals surface area contributed by atoms with Gasteiger partial charge in [0.25, 0.3) is 0 Å². The van der Waals surface area contributed by atoms with Crippen LogP contribution in [0.2, 0.25) is 0 Å². The van der Waals surface area contributed by atoms with Crippen LogP contribution < -0.4 is 5.32 Å². The van der Waals surface area contributed by atoms with Gasteiger partial charge in [-0.2, -0.15) is 0 Å². The second kappa shape index (κ2) is 39.7. The van der Waals surface area contributed by atoms with Crippen LogP contribution in [-0.2, 0) is 14.3 Å². The van der Waals surface area contributed by atoms with Gasteiger partial charge in [-0.1, -0.05) is 183 Å². The first kappa shape index (κ1) is 54.6. The molecule has 7 atom stereocenters. The van der Waals surface area contributed by atoms with E-state index in [1.54, 1.807) is 0 Å². The van der Waals surface area contributed by atoms with Crippen molar-refractivity contribution < 1.29 is 39.8 Å². The Morgan fingerprint density at radius 1 is 0.593 bits per heavy atom. The largest absolute Gasteiger partial charge is 0.394 e. The smallest absolute Gasteiger partial charge is 0.220 e. The van der Waals surface area contributed by atoms with Gasteiger partial charge in [-0.15, -0.1) is 0 Å². The zero-order chi connectivity index (χ0) is 43.0. The van der Waals surface area contributed by atoms with Gasteiger partial charge in [-0.3, -0.25) is 4.79 Å². The Labute approximate surface area is 359 Å². The second-order valence-corrected chi connectivity index (χ2v) is 16.2. The van der Waals surface area contributed by atoms with Crippen LogP contribution in [0.15, 0.2) is 72.9 Å². The number of nitrogens with one attached hydrogen (secondary N) is 1. The van der Waals surface area contributed by atoms with Crippen molar-refractivity contribution >= 4 is 5.91 Å². The van der Waals surface area contributed by atoms with Crippen LogP contribution >= 0.6 is 0 Å². The Bertz CT molecular complexity index is 1150. The Kier molecular flexibility index (Phi) is 36.8. The average molecular weight is 830 g/mol. The van der Waals surface area contributed by atoms with E-state index in [0.717, 1.165) is 83.5 Å². The van der Waals surface area contributed by atoms with Gasteiger partial charge in [0, 0.05) is 6.42 Å². The van der Waals surface area contributed by atoms with Gasteiger partial charge in [0.05, 0.1) is 25.4 Å². The molecule has 1 fully saturated rings. The molecule has 59 heavy (non-hydrogen) atoms. The van der Waals surface area contributed by atoms with Crippen LogP contribution in [-0.4, -0.2) is 87.5 Å². The van der Waals surface area contributed by atoms with Crippen LogP contribution in [0.1, 0.15) is 181 Å². The van der Waals surface area contributed by atoms with Crippen molar-refractivity contribution in [1.82, 2.24) is 5.32 Å². The van der Waals surface area contributed by atoms with E-state index in [4.69, 9.17) is 9.47 Å². The monoisotopic (exact) mass is 830 g/mol. The molecule has 0 aromatic rings. The SMILES string of the molecule is CC/C=C\C/C=C\C/C=C\C/C=C\C/C=C\C/C=C\CCCCCCCCCCCCC(=O)NC(COC1OC(CO)C(O)C(O)C1O)C(O)CCCCCCCCC. The number of carbonyl (C=O) groups excluding carboxylic acids is 1. The highest BCUT2D eigenvalue weighted by Gasteiger charge is 2.44. The lowest BCUT2D eigenvalue weighted by Crippen LogP contribution is -2.60. The summed E-state index contributed by atoms with van der Waals surface area (Å²) >= 11 is 0. The molecule has 0 bridgehead atoms. The summed E-state index contributed by atoms with van der Waals surface area (Å²) in [4.78, 5) is 12.9. The summed E-state index contributed by atoms with van der Waals surface area (Å²) in [6, 6.07) is -0.722. The molecule has 1 heterocycles. The van der Waals surface area contributed by atoms with Crippen molar-refractivity contribution in [2.75, 3.05) is 13.2 Å². The van der Waals surface area contributed by atoms with Gasteiger partial charge < -0.3 is 40.3 Å². The molecule has 0 aliphatic carbocycles. The van der Waals surface area contributed by atoms with E-state index in [1.165, 1.54) is 70.6 Å². The molecule has 0 spiro atoms. The van der Waals surface area contributed by atoms with Crippen LogP contribution in [0.3, 0.4) is 0 Å². The molecule has 1 amide bonds. The fourth-order valence-corrected chi connectivity index (χ4v) is 7.04. The number of ether oxygens (including phenoxy) is 2. The van der Waals surface area contributed by atoms with Crippen molar-refractivity contribution in [2.45, 2.75) is 224 Å². The number of allylic oxidation sites excluding steroid dienone is 12. The zero-order valence-electron chi connectivity index (χ0n) is 37.2. The van der Waals surface area contributed by atoms with Crippen LogP contribution in [0, 0.1) is 0 Å². The number of hydrogen-bond acceptors (Lipinski definition) is 8. The molecule has 7 unspecified atom stereocenters. The molecule has 340 valence electrons. The highest BCUT2D eigenvalue weighted by Crippen LogP contribution is 2.23. The molecule has 0 radical (unpaired) electrons. The molecule has 6 N–H and O–H groups in total. The lowest BCUT2D eigenvalue weighted by Gasteiger charge is -2.40. The van der Waals surface area contributed by atoms with Crippen LogP contribution in [0.5, 0.6) is 0 Å². The number of aliphatic hydroxyl groups excluding tert-OH is 5. The molecule has 9 heteroatoms. The Morgan fingerprint density at radius 2 is 1.05 bits per heavy atom. The molecule has 0 saturated carbocycles. The predicted molar refractivity (Wildman–Crippen MR) is 244 cm³/mol. The molecule has 9 nitrogen and oxygen atoms in total. The van der Waals surface area contributed by atoms with Crippen LogP contribution in [0.4, 0.5) is 0 Å². The maximum atomic E-state index is 12.9. The number of hydrogen-bond donors (Lipinski definition) is 6. The molecule has 1 saturated heterocycles. The average Bonchev–Trinajstić information content (AvgIpc) is 3.23. The third kappa shape index (κ3) is 30.3. The number of unbranched alkanes of at least 4 members (excludes halogenated alkanes) is 16. The Morgan fingerprint density at radius 3 is 1.56 bits per heavy atom. The topological polar surface area (TPSA) is 149 Å². The maximum Gasteiger partial charge on any atom is 0.220 e. The highest BCUT2D eigenvalue weighted by molar-refractivity contribution is 5.76. The van der Waals surface area contributed by atoms with Gasteiger partial charge in [0.2, 0.25) is 5.91 Å². The van der Waals surface area contributed by atoms with E-state index in [-0.39, 0.29) is 12.5 Å². The third-order valence-electron chi connectivity index (χ3n) is 10.8. The minimum absolute atomic E-state index is 0.144. The summed E-state index contributed by atoms with van der Waals surface area (Å²) in [5.41, 5.74) is 0. The highest BCUT2D eigenvalue weighted by atomic mass is 16.7. The third-order valence-corrected chi connectivity index (χ3v) is 10.8. The lowest BCUT2D eigenvalue weighted by molar-refractivity contribution is -0.302. The van der Waals surface area contributed by atoms with E-state index in [9.17, 15) is 30.3 Å². The summed E-state index contributed by atoms with van der Waals surface area (Å²) in [5.74, 6) is -0.157. The molecule has 1 rings (SSSR count). The first-order valence-corrected chi connectivity index (χ1v) is 23.6. The standard InChI is InChI=1S/C50H87NO8/c1-3-5-7-9-11-12-13-14-15-16-17-18-19-20-21-22-23-24-25-26-27-28-29-30-31-32-34-36-38-40-46(54)51-43(44(53)39-37-35-33-10-8-6-4-2)42-58-50-49(57)48(56)47(55)45(41-52)59-50/h5,7,11-12,14-15,17-18,20-21,23-24,43-45,47-50,52-53,55-57H,3-4,6,8-10,13,16,19,22,25-42H2,1-2H3,(H,51,54)/b7-5-,12-11-,15-14-,18-17-,21-20-,24-23-. The van der Waals surface area contributed by atoms with Gasteiger partial charge in [0.1, 0.15) is 24.4 Å². The summed E-state index contributed by atoms with van der Waals surface area (Å²) in [6.07, 6.45) is 46.6. The van der Waals surface area contributed by atoms with Crippen molar-refractivity contribution in [3.05, 3.63) is 72.9 Å². The molecule has 0 aromatic carbocycles. The quantitative estimate of drug-likeness (QED) is 0.0266. The second-order valence-electron chi connectivity index (χ2n) is 16.2. The summed E-state index contributed by atoms with van der Waals surface area (Å²) < 4.78 is 11.2. The fourth-order valence-electron chi connectivity index (χ4n) is 7.04. The van der Waals surface area contributed by atoms with E-state index < -0.39 is 49.5 Å². The van der Waals surface area contributed by atoms with Gasteiger partial charge in [-0.05, 0) is 64.2 Å². The molecule has 0 aromatic heterocycles. The predicted octanol–water partition coefficient (Wildman–Crippen LogP) is 10.2. The molecule has 1 aliphatic rings. The normalized spacial score (nSPS) is 21.4. The first-order chi connectivity index (χ1) is 28.8. The summed E-state index contributed by atoms with van der Waals surface area (Å²) in [7, 11) is 0. The Hall–Kier alpha value is -2.37. The number of aliphatic hydroxyl groups is 5. The van der Waals surface area contributed by atoms with E-state index in [2.05, 4.69) is 92.1 Å². The van der Waals surface area contributed by atoms with Crippen molar-refractivity contribution in [3.63, 3.8) is 0 Å². The lowest BCUT2D eigenvalue weighted by atomic mass is 9.99. The van der Waals surface area contributed by atoms with Crippen molar-refractivity contribution in [1.29, 1.82) is 0 Å². The van der Waals surface area contributed by atoms with E-state index in [1.807, 2.05) is 0 Å². The number of rotatable bonds is 38. The minimum Gasteiger partial charge on any atom is -0.394 e. The maximum absolute atomic E-state index is 12.9. The van der Waals surface area contributed by atoms with E-state index >= 15 is 0 Å².